The average Bonchev–Trinajstić information content (AvgIpc) is 3.02. The van der Waals surface area contributed by atoms with E-state index in [1.54, 1.807) is 54.6 Å². The van der Waals surface area contributed by atoms with Crippen LogP contribution >= 0.6 is 22.9 Å². The summed E-state index contributed by atoms with van der Waals surface area (Å²) < 4.78 is 24.9. The molecule has 0 radical (unpaired) electrons. The number of aryl methyl sites for hydroxylation is 1. The van der Waals surface area contributed by atoms with Crippen molar-refractivity contribution >= 4 is 51.5 Å². The molecule has 1 aromatic heterocycles. The number of thiophene rings is 1. The minimum Gasteiger partial charge on any atom is -0.755 e. The van der Waals surface area contributed by atoms with E-state index >= 15 is 0 Å². The van der Waals surface area contributed by atoms with Crippen LogP contribution in [-0.4, -0.2) is 14.7 Å². The highest BCUT2D eigenvalue weighted by Crippen LogP contribution is 2.40. The molecule has 2 N–H and O–H groups in total. The van der Waals surface area contributed by atoms with E-state index in [0.29, 0.717) is 15.6 Å². The monoisotopic (exact) mass is 405 g/mol. The Balaban J connectivity index is 2.14. The minimum atomic E-state index is -2.62. The van der Waals surface area contributed by atoms with Crippen LogP contribution in [0.25, 0.3) is 10.4 Å². The molecule has 26 heavy (non-hydrogen) atoms. The number of nitrogens with zero attached hydrogens (tertiary/aromatic N) is 1. The van der Waals surface area contributed by atoms with Gasteiger partial charge in [0, 0.05) is 9.90 Å². The molecule has 134 valence electrons. The molecule has 0 bridgehead atoms. The Morgan fingerprint density at radius 1 is 1.15 bits per heavy atom. The van der Waals surface area contributed by atoms with Gasteiger partial charge in [-0.15, -0.1) is 11.3 Å². The molecule has 1 atom stereocenters. The Hall–Kier alpha value is -2.19. The van der Waals surface area contributed by atoms with E-state index in [2.05, 4.69) is 0 Å². The van der Waals surface area contributed by atoms with Crippen LogP contribution in [0.5, 0.6) is 0 Å². The fraction of sp³-hybridized carbons (Fsp3) is 0.0556. The topological polar surface area (TPSA) is 86.5 Å². The van der Waals surface area contributed by atoms with Gasteiger partial charge in [-0.25, -0.2) is 0 Å². The summed E-state index contributed by atoms with van der Waals surface area (Å²) in [7, 11) is 0. The second kappa shape index (κ2) is 7.59. The summed E-state index contributed by atoms with van der Waals surface area (Å²) in [5.74, 6) is -0.687. The van der Waals surface area contributed by atoms with Crippen LogP contribution in [0, 0.1) is 6.92 Å². The third-order valence-corrected chi connectivity index (χ3v) is 5.85. The normalized spacial score (nSPS) is 12.0. The molecule has 0 fully saturated rings. The summed E-state index contributed by atoms with van der Waals surface area (Å²) >= 11 is 4.42. The largest absolute Gasteiger partial charge is 0.755 e. The summed E-state index contributed by atoms with van der Waals surface area (Å²) in [6.07, 6.45) is 0. The number of amides is 1. The van der Waals surface area contributed by atoms with E-state index in [0.717, 1.165) is 26.8 Å². The van der Waals surface area contributed by atoms with Crippen molar-refractivity contribution in [3.8, 4) is 10.4 Å². The Morgan fingerprint density at radius 3 is 2.31 bits per heavy atom. The van der Waals surface area contributed by atoms with Crippen molar-refractivity contribution in [2.24, 2.45) is 5.73 Å². The molecule has 0 aliphatic rings. The predicted octanol–water partition coefficient (Wildman–Crippen LogP) is 4.41. The number of nitrogens with two attached hydrogens (primary N) is 1. The predicted molar refractivity (Wildman–Crippen MR) is 106 cm³/mol. The zero-order chi connectivity index (χ0) is 18.8. The standard InChI is InChI=1S/C18H15ClN2O3S2/c1-11-2-8-14(9-3-11)21(26(23)24)15-10-16(25-17(15)18(20)22)12-4-6-13(19)7-5-12/h2-10H,1H3,(H2,20,22)(H,23,24)/p-1. The Labute approximate surface area is 162 Å². The number of hydrogen-bond donors (Lipinski definition) is 1. The third-order valence-electron chi connectivity index (χ3n) is 3.70. The number of halogens is 1. The molecule has 1 unspecified atom stereocenters. The maximum Gasteiger partial charge on any atom is 0.260 e. The molecule has 3 aromatic rings. The Morgan fingerprint density at radius 2 is 1.77 bits per heavy atom. The summed E-state index contributed by atoms with van der Waals surface area (Å²) in [6.45, 7) is 1.90. The van der Waals surface area contributed by atoms with Crippen LogP contribution in [0.1, 0.15) is 15.2 Å². The van der Waals surface area contributed by atoms with E-state index in [4.69, 9.17) is 17.3 Å². The molecular formula is C18H14ClN2O3S2-. The van der Waals surface area contributed by atoms with Gasteiger partial charge in [0.1, 0.15) is 4.88 Å². The number of carbonyl (C=O) groups excluding carboxylic acids is 1. The molecule has 8 heteroatoms. The number of anilines is 2. The van der Waals surface area contributed by atoms with Gasteiger partial charge in [0.25, 0.3) is 5.91 Å². The lowest BCUT2D eigenvalue weighted by Crippen LogP contribution is -2.22. The molecule has 0 aliphatic heterocycles. The molecule has 1 amide bonds. The molecule has 0 saturated heterocycles. The van der Waals surface area contributed by atoms with E-state index < -0.39 is 17.2 Å². The number of hydrogen-bond acceptors (Lipinski definition) is 4. The van der Waals surface area contributed by atoms with Crippen molar-refractivity contribution in [1.29, 1.82) is 0 Å². The zero-order valence-corrected chi connectivity index (χ0v) is 16.0. The summed E-state index contributed by atoms with van der Waals surface area (Å²) in [6, 6.07) is 15.6. The van der Waals surface area contributed by atoms with Crippen molar-refractivity contribution in [2.45, 2.75) is 6.92 Å². The highest BCUT2D eigenvalue weighted by Gasteiger charge is 2.22. The maximum atomic E-state index is 11.9. The summed E-state index contributed by atoms with van der Waals surface area (Å²) in [5.41, 5.74) is 7.95. The summed E-state index contributed by atoms with van der Waals surface area (Å²) in [5, 5.41) is 0.586. The van der Waals surface area contributed by atoms with Crippen LogP contribution in [0.4, 0.5) is 11.4 Å². The fourth-order valence-electron chi connectivity index (χ4n) is 2.45. The zero-order valence-electron chi connectivity index (χ0n) is 13.6. The average molecular weight is 406 g/mol. The van der Waals surface area contributed by atoms with E-state index in [1.165, 1.54) is 0 Å². The number of carbonyl (C=O) groups is 1. The van der Waals surface area contributed by atoms with Gasteiger partial charge in [-0.1, -0.05) is 41.4 Å². The number of primary amides is 1. The van der Waals surface area contributed by atoms with Gasteiger partial charge in [-0.2, -0.15) is 0 Å². The minimum absolute atomic E-state index is 0.166. The highest BCUT2D eigenvalue weighted by atomic mass is 35.5. The highest BCUT2D eigenvalue weighted by molar-refractivity contribution is 7.81. The number of benzene rings is 2. The fourth-order valence-corrected chi connectivity index (χ4v) is 4.23. The van der Waals surface area contributed by atoms with Gasteiger partial charge in [-0.05, 0) is 42.8 Å². The quantitative estimate of drug-likeness (QED) is 0.638. The molecule has 1 heterocycles. The van der Waals surface area contributed by atoms with Gasteiger partial charge >= 0.3 is 0 Å². The van der Waals surface area contributed by atoms with Gasteiger partial charge in [-0.3, -0.25) is 13.3 Å². The van der Waals surface area contributed by atoms with Crippen LogP contribution in [0.3, 0.4) is 0 Å². The molecule has 3 rings (SSSR count). The first kappa shape index (κ1) is 18.6. The van der Waals surface area contributed by atoms with Crippen LogP contribution < -0.4 is 10.0 Å². The van der Waals surface area contributed by atoms with Gasteiger partial charge in [0.2, 0.25) is 0 Å². The van der Waals surface area contributed by atoms with E-state index in [-0.39, 0.29) is 10.6 Å². The lowest BCUT2D eigenvalue weighted by molar-refractivity contribution is 0.100. The van der Waals surface area contributed by atoms with Crippen molar-refractivity contribution < 1.29 is 13.6 Å². The first-order valence-corrected chi connectivity index (χ1v) is 9.75. The molecular weight excluding hydrogens is 392 g/mol. The van der Waals surface area contributed by atoms with E-state index in [9.17, 15) is 13.6 Å². The number of rotatable bonds is 5. The second-order valence-electron chi connectivity index (χ2n) is 5.54. The van der Waals surface area contributed by atoms with Crippen molar-refractivity contribution in [3.05, 3.63) is 70.1 Å². The summed E-state index contributed by atoms with van der Waals surface area (Å²) in [4.78, 5) is 12.8. The van der Waals surface area contributed by atoms with Crippen LogP contribution in [0.15, 0.2) is 54.6 Å². The first-order valence-electron chi connectivity index (χ1n) is 7.52. The Kier molecular flexibility index (Phi) is 5.43. The maximum absolute atomic E-state index is 11.9. The SMILES string of the molecule is Cc1ccc(N(c2cc(-c3ccc(Cl)cc3)sc2C(N)=O)S(=O)[O-])cc1. The van der Waals surface area contributed by atoms with Gasteiger partial charge < -0.3 is 10.3 Å². The smallest absolute Gasteiger partial charge is 0.260 e. The van der Waals surface area contributed by atoms with Crippen molar-refractivity contribution in [1.82, 2.24) is 0 Å². The lowest BCUT2D eigenvalue weighted by Gasteiger charge is -2.26. The first-order chi connectivity index (χ1) is 12.4. The van der Waals surface area contributed by atoms with E-state index in [1.807, 2.05) is 6.92 Å². The molecule has 0 saturated carbocycles. The van der Waals surface area contributed by atoms with Crippen molar-refractivity contribution in [3.63, 3.8) is 0 Å². The lowest BCUT2D eigenvalue weighted by atomic mass is 10.2. The van der Waals surface area contributed by atoms with Gasteiger partial charge in [0.15, 0.2) is 0 Å². The molecule has 0 aliphatic carbocycles. The van der Waals surface area contributed by atoms with Crippen LogP contribution in [0.2, 0.25) is 5.02 Å². The van der Waals surface area contributed by atoms with Gasteiger partial charge in [0.05, 0.1) is 22.6 Å². The molecule has 0 spiro atoms. The van der Waals surface area contributed by atoms with Crippen LogP contribution in [-0.2, 0) is 11.3 Å². The second-order valence-corrected chi connectivity index (χ2v) is 7.83. The third kappa shape index (κ3) is 3.81. The van der Waals surface area contributed by atoms with Crippen molar-refractivity contribution in [2.75, 3.05) is 4.31 Å². The Bertz CT molecular complexity index is 969. The molecule has 2 aromatic carbocycles. The molecule has 5 nitrogen and oxygen atoms in total.